The molecule has 0 aliphatic carbocycles. The lowest BCUT2D eigenvalue weighted by molar-refractivity contribution is -0.136. The van der Waals surface area contributed by atoms with E-state index in [1.54, 1.807) is 9.80 Å². The first-order valence-electron chi connectivity index (χ1n) is 12.4. The fourth-order valence-electron chi connectivity index (χ4n) is 5.42. The third kappa shape index (κ3) is 4.70. The molecule has 35 heavy (non-hydrogen) atoms. The third-order valence-electron chi connectivity index (χ3n) is 7.42. The van der Waals surface area contributed by atoms with Gasteiger partial charge in [-0.05, 0) is 68.9 Å². The van der Waals surface area contributed by atoms with Gasteiger partial charge in [0.05, 0.1) is 0 Å². The quantitative estimate of drug-likeness (QED) is 0.659. The van der Waals surface area contributed by atoms with Crippen molar-refractivity contribution < 1.29 is 23.9 Å². The number of ether oxygens (including phenoxy) is 1. The van der Waals surface area contributed by atoms with Crippen molar-refractivity contribution in [3.63, 3.8) is 0 Å². The molecule has 0 radical (unpaired) electrons. The summed E-state index contributed by atoms with van der Waals surface area (Å²) < 4.78 is 5.62. The van der Waals surface area contributed by atoms with E-state index in [-0.39, 0.29) is 29.7 Å². The molecule has 1 unspecified atom stereocenters. The van der Waals surface area contributed by atoms with Crippen LogP contribution in [0, 0.1) is 5.41 Å². The number of hydrogen-bond donors (Lipinski definition) is 1. The first kappa shape index (κ1) is 24.9. The van der Waals surface area contributed by atoms with Crippen LogP contribution in [0.1, 0.15) is 81.8 Å². The largest absolute Gasteiger partial charge is 0.444 e. The van der Waals surface area contributed by atoms with E-state index in [4.69, 9.17) is 4.74 Å². The Morgan fingerprint density at radius 3 is 2.51 bits per heavy atom. The molecule has 1 saturated heterocycles. The molecule has 3 aliphatic heterocycles. The third-order valence-corrected chi connectivity index (χ3v) is 7.42. The number of amides is 4. The Morgan fingerprint density at radius 2 is 1.89 bits per heavy atom. The molecule has 0 aromatic heterocycles. The van der Waals surface area contributed by atoms with Crippen LogP contribution in [-0.2, 0) is 20.9 Å². The number of rotatable bonds is 4. The van der Waals surface area contributed by atoms with Crippen LogP contribution >= 0.6 is 0 Å². The molecular formula is C27H35N3O5. The Bertz CT molecular complexity index is 1100. The Kier molecular flexibility index (Phi) is 6.51. The molecule has 3 heterocycles. The van der Waals surface area contributed by atoms with Gasteiger partial charge in [-0.25, -0.2) is 4.79 Å². The van der Waals surface area contributed by atoms with Gasteiger partial charge in [-0.1, -0.05) is 26.0 Å². The summed E-state index contributed by atoms with van der Waals surface area (Å²) in [4.78, 5) is 53.1. The summed E-state index contributed by atoms with van der Waals surface area (Å²) in [6.07, 6.45) is 4.09. The minimum atomic E-state index is -0.627. The first-order chi connectivity index (χ1) is 16.5. The van der Waals surface area contributed by atoms with Crippen molar-refractivity contribution in [1.82, 2.24) is 15.1 Å². The van der Waals surface area contributed by atoms with Gasteiger partial charge in [-0.2, -0.15) is 0 Å². The molecule has 3 aliphatic rings. The molecule has 1 N–H and O–H groups in total. The number of nitrogens with zero attached hydrogens (tertiary/aromatic N) is 2. The molecule has 1 aromatic rings. The van der Waals surface area contributed by atoms with Crippen molar-refractivity contribution in [2.75, 3.05) is 13.1 Å². The van der Waals surface area contributed by atoms with Crippen LogP contribution in [0.15, 0.2) is 24.3 Å². The highest BCUT2D eigenvalue weighted by atomic mass is 16.6. The van der Waals surface area contributed by atoms with E-state index in [0.717, 1.165) is 24.0 Å². The van der Waals surface area contributed by atoms with E-state index < -0.39 is 17.6 Å². The van der Waals surface area contributed by atoms with Gasteiger partial charge in [-0.3, -0.25) is 19.7 Å². The zero-order valence-electron chi connectivity index (χ0n) is 21.3. The molecule has 1 aromatic carbocycles. The highest BCUT2D eigenvalue weighted by molar-refractivity contribution is 6.05. The second-order valence-electron chi connectivity index (χ2n) is 10.7. The van der Waals surface area contributed by atoms with Crippen molar-refractivity contribution in [3.8, 4) is 0 Å². The van der Waals surface area contributed by atoms with Crippen LogP contribution in [0.5, 0.6) is 0 Å². The van der Waals surface area contributed by atoms with Crippen molar-refractivity contribution in [1.29, 1.82) is 0 Å². The van der Waals surface area contributed by atoms with E-state index in [9.17, 15) is 19.2 Å². The fourth-order valence-corrected chi connectivity index (χ4v) is 5.42. The Balaban J connectivity index is 1.60. The molecule has 0 spiro atoms. The Morgan fingerprint density at radius 1 is 1.17 bits per heavy atom. The summed E-state index contributed by atoms with van der Waals surface area (Å²) in [7, 11) is 0. The van der Waals surface area contributed by atoms with Crippen LogP contribution in [-0.4, -0.2) is 58.3 Å². The molecule has 4 rings (SSSR count). The number of fused-ring (bicyclic) bond motifs is 1. The topological polar surface area (TPSA) is 96.0 Å². The normalized spacial score (nSPS) is 22.0. The lowest BCUT2D eigenvalue weighted by Gasteiger charge is -2.43. The van der Waals surface area contributed by atoms with Gasteiger partial charge in [0.1, 0.15) is 11.6 Å². The second-order valence-corrected chi connectivity index (χ2v) is 10.7. The summed E-state index contributed by atoms with van der Waals surface area (Å²) in [6.45, 7) is 11.3. The van der Waals surface area contributed by atoms with Gasteiger partial charge in [0.15, 0.2) is 0 Å². The van der Waals surface area contributed by atoms with Gasteiger partial charge in [-0.15, -0.1) is 0 Å². The number of nitrogens with one attached hydrogen (secondary N) is 1. The molecule has 0 saturated carbocycles. The van der Waals surface area contributed by atoms with Gasteiger partial charge < -0.3 is 14.5 Å². The summed E-state index contributed by atoms with van der Waals surface area (Å²) in [6, 6.07) is 5.24. The number of carbonyl (C=O) groups excluding carboxylic acids is 4. The van der Waals surface area contributed by atoms with Crippen molar-refractivity contribution in [3.05, 3.63) is 41.0 Å². The maximum Gasteiger partial charge on any atom is 0.410 e. The molecule has 1 atom stereocenters. The van der Waals surface area contributed by atoms with E-state index in [1.165, 1.54) is 5.57 Å². The highest BCUT2D eigenvalue weighted by Crippen LogP contribution is 2.45. The molecule has 8 heteroatoms. The summed E-state index contributed by atoms with van der Waals surface area (Å²) >= 11 is 0. The minimum Gasteiger partial charge on any atom is -0.444 e. The van der Waals surface area contributed by atoms with Crippen LogP contribution in [0.2, 0.25) is 0 Å². The zero-order valence-corrected chi connectivity index (χ0v) is 21.3. The molecule has 4 amide bonds. The minimum absolute atomic E-state index is 0.174. The zero-order chi connectivity index (χ0) is 25.5. The molecule has 1 fully saturated rings. The predicted octanol–water partition coefficient (Wildman–Crippen LogP) is 3.89. The van der Waals surface area contributed by atoms with Crippen molar-refractivity contribution >= 4 is 29.4 Å². The lowest BCUT2D eigenvalue weighted by atomic mass is 9.70. The van der Waals surface area contributed by atoms with E-state index in [1.807, 2.05) is 39.0 Å². The van der Waals surface area contributed by atoms with Crippen LogP contribution in [0.25, 0.3) is 5.57 Å². The molecular weight excluding hydrogens is 446 g/mol. The lowest BCUT2D eigenvalue weighted by Crippen LogP contribution is -2.52. The van der Waals surface area contributed by atoms with Gasteiger partial charge in [0.2, 0.25) is 11.8 Å². The molecule has 0 bridgehead atoms. The molecule has 8 nitrogen and oxygen atoms in total. The first-order valence-corrected chi connectivity index (χ1v) is 12.4. The average molecular weight is 482 g/mol. The average Bonchev–Trinajstić information content (AvgIpc) is 3.13. The molecule has 188 valence electrons. The van der Waals surface area contributed by atoms with Gasteiger partial charge in [0.25, 0.3) is 5.91 Å². The maximum absolute atomic E-state index is 13.1. The van der Waals surface area contributed by atoms with E-state index >= 15 is 0 Å². The summed E-state index contributed by atoms with van der Waals surface area (Å²) in [5, 5.41) is 2.35. The van der Waals surface area contributed by atoms with Crippen LogP contribution < -0.4 is 5.32 Å². The van der Waals surface area contributed by atoms with Gasteiger partial charge in [0, 0.05) is 37.0 Å². The number of piperidine rings is 1. The maximum atomic E-state index is 13.1. The smallest absolute Gasteiger partial charge is 0.410 e. The standard InChI is InChI=1S/C27H35N3O5/c1-6-27(7-2)16-29(25(34)35-26(3,4)5)13-12-20(27)17-8-9-19-18(14-17)15-30(24(19)33)21-10-11-22(31)28-23(21)32/h8-9,12,14,21H,6-7,10-11,13,15-16H2,1-5H3,(H,28,31,32). The monoisotopic (exact) mass is 481 g/mol. The fraction of sp³-hybridized carbons (Fsp3) is 0.556. The van der Waals surface area contributed by atoms with E-state index in [2.05, 4.69) is 25.2 Å². The summed E-state index contributed by atoms with van der Waals surface area (Å²) in [5.41, 5.74) is 2.92. The Hall–Kier alpha value is -3.16. The predicted molar refractivity (Wildman–Crippen MR) is 131 cm³/mol. The Labute approximate surface area is 206 Å². The number of imide groups is 1. The van der Waals surface area contributed by atoms with Crippen molar-refractivity contribution in [2.24, 2.45) is 5.41 Å². The van der Waals surface area contributed by atoms with Crippen LogP contribution in [0.3, 0.4) is 0 Å². The number of benzene rings is 1. The highest BCUT2D eigenvalue weighted by Gasteiger charge is 2.41. The van der Waals surface area contributed by atoms with Crippen molar-refractivity contribution in [2.45, 2.75) is 78.5 Å². The SMILES string of the molecule is CCC1(CC)CN(C(=O)OC(C)(C)C)CC=C1c1ccc2c(c1)CN(C1CCC(=O)NC1=O)C2=O. The van der Waals surface area contributed by atoms with Crippen LogP contribution in [0.4, 0.5) is 4.79 Å². The van der Waals surface area contributed by atoms with E-state index in [0.29, 0.717) is 31.6 Å². The number of hydrogen-bond acceptors (Lipinski definition) is 5. The second kappa shape index (κ2) is 9.13. The summed E-state index contributed by atoms with van der Waals surface area (Å²) in [5.74, 6) is -0.874. The number of carbonyl (C=O) groups is 4. The van der Waals surface area contributed by atoms with Gasteiger partial charge >= 0.3 is 6.09 Å².